The van der Waals surface area contributed by atoms with E-state index in [1.54, 1.807) is 18.2 Å². The van der Waals surface area contributed by atoms with Crippen molar-refractivity contribution in [2.24, 2.45) is 0 Å². The van der Waals surface area contributed by atoms with E-state index in [0.717, 1.165) is 26.1 Å². The van der Waals surface area contributed by atoms with Gasteiger partial charge in [-0.15, -0.1) is 0 Å². The van der Waals surface area contributed by atoms with Crippen LogP contribution in [0, 0.1) is 0 Å². The number of anilines is 1. The molecule has 5 nitrogen and oxygen atoms in total. The van der Waals surface area contributed by atoms with E-state index in [1.807, 2.05) is 0 Å². The molecule has 2 N–H and O–H groups in total. The highest BCUT2D eigenvalue weighted by Crippen LogP contribution is 2.30. The van der Waals surface area contributed by atoms with Gasteiger partial charge in [0.2, 0.25) is 10.0 Å². The van der Waals surface area contributed by atoms with E-state index in [9.17, 15) is 8.42 Å². The van der Waals surface area contributed by atoms with Crippen LogP contribution in [0.5, 0.6) is 0 Å². The van der Waals surface area contributed by atoms with Gasteiger partial charge in [0.1, 0.15) is 4.90 Å². The number of halogens is 1. The van der Waals surface area contributed by atoms with Gasteiger partial charge in [0.15, 0.2) is 0 Å². The summed E-state index contributed by atoms with van der Waals surface area (Å²) in [5, 5.41) is 0.181. The molecule has 2 rings (SSSR count). The number of benzene rings is 1. The standard InChI is InChI=1S/C13H20ClN3O2S/c1-2-6-16-7-9-17(10-8-16)20(18,19)13-11(14)4-3-5-12(13)15/h3-5H,2,6-10,15H2,1H3. The molecule has 0 spiro atoms. The van der Waals surface area contributed by atoms with Crippen molar-refractivity contribution in [2.75, 3.05) is 38.5 Å². The number of nitrogens with zero attached hydrogens (tertiary/aromatic N) is 2. The summed E-state index contributed by atoms with van der Waals surface area (Å²) in [5.41, 5.74) is 5.99. The zero-order valence-electron chi connectivity index (χ0n) is 11.5. The molecule has 1 heterocycles. The minimum atomic E-state index is -3.61. The normalized spacial score (nSPS) is 18.3. The quantitative estimate of drug-likeness (QED) is 0.857. The minimum absolute atomic E-state index is 0.0330. The maximum Gasteiger partial charge on any atom is 0.246 e. The molecule has 0 unspecified atom stereocenters. The molecule has 1 aromatic carbocycles. The summed E-state index contributed by atoms with van der Waals surface area (Å²) in [6.07, 6.45) is 1.07. The SMILES string of the molecule is CCCN1CCN(S(=O)(=O)c2c(N)cccc2Cl)CC1. The third-order valence-electron chi connectivity index (χ3n) is 3.47. The van der Waals surface area contributed by atoms with Crippen LogP contribution < -0.4 is 5.73 Å². The molecule has 1 aliphatic heterocycles. The number of rotatable bonds is 4. The zero-order chi connectivity index (χ0) is 14.8. The Morgan fingerprint density at radius 3 is 2.45 bits per heavy atom. The summed E-state index contributed by atoms with van der Waals surface area (Å²) in [7, 11) is -3.61. The van der Waals surface area contributed by atoms with Crippen molar-refractivity contribution < 1.29 is 8.42 Å². The van der Waals surface area contributed by atoms with Gasteiger partial charge in [-0.2, -0.15) is 4.31 Å². The number of sulfonamides is 1. The smallest absolute Gasteiger partial charge is 0.246 e. The third kappa shape index (κ3) is 3.09. The van der Waals surface area contributed by atoms with Gasteiger partial charge < -0.3 is 10.6 Å². The van der Waals surface area contributed by atoms with Gasteiger partial charge >= 0.3 is 0 Å². The van der Waals surface area contributed by atoms with E-state index in [2.05, 4.69) is 11.8 Å². The summed E-state index contributed by atoms with van der Waals surface area (Å²) < 4.78 is 26.7. The predicted molar refractivity (Wildman–Crippen MR) is 81.4 cm³/mol. The van der Waals surface area contributed by atoms with Crippen LogP contribution in [0.15, 0.2) is 23.1 Å². The van der Waals surface area contributed by atoms with Crippen LogP contribution in [0.3, 0.4) is 0 Å². The van der Waals surface area contributed by atoms with E-state index in [0.29, 0.717) is 13.1 Å². The topological polar surface area (TPSA) is 66.6 Å². The minimum Gasteiger partial charge on any atom is -0.398 e. The Morgan fingerprint density at radius 2 is 1.90 bits per heavy atom. The predicted octanol–water partition coefficient (Wildman–Crippen LogP) is 1.64. The van der Waals surface area contributed by atoms with Crippen LogP contribution in [0.1, 0.15) is 13.3 Å². The van der Waals surface area contributed by atoms with Crippen molar-refractivity contribution in [2.45, 2.75) is 18.2 Å². The molecule has 0 radical (unpaired) electrons. The number of hydrogen-bond donors (Lipinski definition) is 1. The molecule has 1 fully saturated rings. The van der Waals surface area contributed by atoms with Crippen molar-refractivity contribution in [1.82, 2.24) is 9.21 Å². The second-order valence-corrected chi connectivity index (χ2v) is 7.19. The lowest BCUT2D eigenvalue weighted by molar-refractivity contribution is 0.189. The van der Waals surface area contributed by atoms with Crippen LogP contribution in [-0.4, -0.2) is 50.3 Å². The highest BCUT2D eigenvalue weighted by atomic mass is 35.5. The van der Waals surface area contributed by atoms with E-state index in [4.69, 9.17) is 17.3 Å². The van der Waals surface area contributed by atoms with Gasteiger partial charge in [0.05, 0.1) is 10.7 Å². The first-order valence-electron chi connectivity index (χ1n) is 6.73. The fraction of sp³-hybridized carbons (Fsp3) is 0.538. The summed E-state index contributed by atoms with van der Waals surface area (Å²) in [5.74, 6) is 0. The fourth-order valence-corrected chi connectivity index (χ4v) is 4.49. The summed E-state index contributed by atoms with van der Waals surface area (Å²) in [6, 6.07) is 4.76. The lowest BCUT2D eigenvalue weighted by atomic mass is 10.3. The molecule has 1 aliphatic rings. The molecule has 0 aliphatic carbocycles. The average Bonchev–Trinajstić information content (AvgIpc) is 2.39. The Hall–Kier alpha value is -0.820. The first-order valence-corrected chi connectivity index (χ1v) is 8.55. The number of nitrogens with two attached hydrogens (primary N) is 1. The van der Waals surface area contributed by atoms with Crippen LogP contribution >= 0.6 is 11.6 Å². The van der Waals surface area contributed by atoms with Crippen molar-refractivity contribution in [3.05, 3.63) is 23.2 Å². The van der Waals surface area contributed by atoms with Gasteiger partial charge in [-0.05, 0) is 25.1 Å². The summed E-state index contributed by atoms with van der Waals surface area (Å²) in [4.78, 5) is 2.30. The molecule has 0 atom stereocenters. The van der Waals surface area contributed by atoms with E-state index < -0.39 is 10.0 Å². The molecule has 0 bridgehead atoms. The van der Waals surface area contributed by atoms with Gasteiger partial charge in [-0.25, -0.2) is 8.42 Å². The molecule has 0 aromatic heterocycles. The molecule has 7 heteroatoms. The van der Waals surface area contributed by atoms with Gasteiger partial charge in [0.25, 0.3) is 0 Å². The van der Waals surface area contributed by atoms with Crippen LogP contribution in [-0.2, 0) is 10.0 Å². The molecule has 0 amide bonds. The first kappa shape index (κ1) is 15.6. The number of piperazine rings is 1. The Morgan fingerprint density at radius 1 is 1.25 bits per heavy atom. The van der Waals surface area contributed by atoms with E-state index in [-0.39, 0.29) is 15.6 Å². The maximum absolute atomic E-state index is 12.6. The molecule has 112 valence electrons. The summed E-state index contributed by atoms with van der Waals surface area (Å²) in [6.45, 7) is 5.57. The Balaban J connectivity index is 2.20. The molecular formula is C13H20ClN3O2S. The van der Waals surface area contributed by atoms with Crippen LogP contribution in [0.2, 0.25) is 5.02 Å². The van der Waals surface area contributed by atoms with Crippen molar-refractivity contribution in [1.29, 1.82) is 0 Å². The average molecular weight is 318 g/mol. The van der Waals surface area contributed by atoms with Crippen molar-refractivity contribution >= 4 is 27.3 Å². The van der Waals surface area contributed by atoms with Gasteiger partial charge in [-0.3, -0.25) is 0 Å². The Bertz CT molecular complexity index is 549. The highest BCUT2D eigenvalue weighted by Gasteiger charge is 2.31. The molecule has 1 saturated heterocycles. The van der Waals surface area contributed by atoms with E-state index in [1.165, 1.54) is 4.31 Å². The zero-order valence-corrected chi connectivity index (χ0v) is 13.1. The molecular weight excluding hydrogens is 298 g/mol. The third-order valence-corrected chi connectivity index (χ3v) is 5.91. The van der Waals surface area contributed by atoms with E-state index >= 15 is 0 Å². The molecule has 20 heavy (non-hydrogen) atoms. The van der Waals surface area contributed by atoms with Crippen molar-refractivity contribution in [3.63, 3.8) is 0 Å². The lowest BCUT2D eigenvalue weighted by Crippen LogP contribution is -2.48. The number of hydrogen-bond acceptors (Lipinski definition) is 4. The highest BCUT2D eigenvalue weighted by molar-refractivity contribution is 7.89. The number of nitrogen functional groups attached to an aromatic ring is 1. The Kier molecular flexibility index (Phi) is 4.90. The monoisotopic (exact) mass is 317 g/mol. The second-order valence-electron chi connectivity index (χ2n) is 4.90. The van der Waals surface area contributed by atoms with Crippen LogP contribution in [0.4, 0.5) is 5.69 Å². The van der Waals surface area contributed by atoms with Crippen LogP contribution in [0.25, 0.3) is 0 Å². The van der Waals surface area contributed by atoms with Crippen molar-refractivity contribution in [3.8, 4) is 0 Å². The largest absolute Gasteiger partial charge is 0.398 e. The second kappa shape index (κ2) is 6.30. The first-order chi connectivity index (χ1) is 9.46. The molecule has 0 saturated carbocycles. The Labute approximate surface area is 125 Å². The lowest BCUT2D eigenvalue weighted by Gasteiger charge is -2.34. The summed E-state index contributed by atoms with van der Waals surface area (Å²) >= 11 is 6.02. The fourth-order valence-electron chi connectivity index (χ4n) is 2.44. The maximum atomic E-state index is 12.6. The van der Waals surface area contributed by atoms with Gasteiger partial charge in [-0.1, -0.05) is 24.6 Å². The molecule has 1 aromatic rings. The van der Waals surface area contributed by atoms with Gasteiger partial charge in [0, 0.05) is 26.2 Å².